The largest absolute Gasteiger partial charge is 0.312 e. The van der Waals surface area contributed by atoms with Crippen molar-refractivity contribution in [3.63, 3.8) is 0 Å². The van der Waals surface area contributed by atoms with Crippen LogP contribution in [0.4, 0.5) is 0 Å². The van der Waals surface area contributed by atoms with Gasteiger partial charge in [-0.3, -0.25) is 0 Å². The number of nitrogens with one attached hydrogen (secondary N) is 1. The van der Waals surface area contributed by atoms with Gasteiger partial charge in [0.2, 0.25) is 0 Å². The summed E-state index contributed by atoms with van der Waals surface area (Å²) in [5, 5.41) is 3.70. The summed E-state index contributed by atoms with van der Waals surface area (Å²) in [6.45, 7) is 8.19. The fraction of sp³-hybridized carbons (Fsp3) is 1.00. The third-order valence-corrected chi connectivity index (χ3v) is 3.92. The van der Waals surface area contributed by atoms with E-state index in [1.165, 1.54) is 25.7 Å². The third-order valence-electron chi connectivity index (χ3n) is 3.92. The Bertz CT molecular complexity index is 177. The summed E-state index contributed by atoms with van der Waals surface area (Å²) >= 11 is 0. The minimum absolute atomic E-state index is 0.589. The Kier molecular flexibility index (Phi) is 4.60. The zero-order valence-corrected chi connectivity index (χ0v) is 11.1. The number of hydrogen-bond donors (Lipinski definition) is 1. The first-order valence-corrected chi connectivity index (χ1v) is 6.30. The first kappa shape index (κ1) is 13.0. The highest BCUT2D eigenvalue weighted by Gasteiger charge is 2.26. The summed E-state index contributed by atoms with van der Waals surface area (Å²) in [5.74, 6) is 0. The molecule has 0 heterocycles. The highest BCUT2D eigenvalue weighted by molar-refractivity contribution is 4.82. The lowest BCUT2D eigenvalue weighted by molar-refractivity contribution is 0.197. The molecule has 2 nitrogen and oxygen atoms in total. The number of nitrogens with zero attached hydrogens (tertiary/aromatic N) is 1. The maximum atomic E-state index is 3.70. The molecular formula is C13H28N2. The van der Waals surface area contributed by atoms with Crippen LogP contribution >= 0.6 is 0 Å². The zero-order valence-electron chi connectivity index (χ0n) is 11.1. The van der Waals surface area contributed by atoms with Crippen LogP contribution in [0.5, 0.6) is 0 Å². The molecule has 0 aromatic carbocycles. The van der Waals surface area contributed by atoms with Gasteiger partial charge in [0.15, 0.2) is 0 Å². The summed E-state index contributed by atoms with van der Waals surface area (Å²) in [7, 11) is 4.30. The van der Waals surface area contributed by atoms with Crippen LogP contribution in [0.2, 0.25) is 0 Å². The van der Waals surface area contributed by atoms with Gasteiger partial charge in [0.05, 0.1) is 0 Å². The minimum atomic E-state index is 0.589. The van der Waals surface area contributed by atoms with Gasteiger partial charge in [-0.15, -0.1) is 0 Å². The molecule has 1 rings (SSSR count). The van der Waals surface area contributed by atoms with Crippen molar-refractivity contribution in [2.75, 3.05) is 20.6 Å². The molecule has 0 bridgehead atoms. The second-order valence-corrected chi connectivity index (χ2v) is 6.16. The average molecular weight is 212 g/mol. The Hall–Kier alpha value is -0.0800. The number of rotatable bonds is 4. The van der Waals surface area contributed by atoms with Gasteiger partial charge in [-0.2, -0.15) is 0 Å². The van der Waals surface area contributed by atoms with Gasteiger partial charge >= 0.3 is 0 Å². The molecule has 1 atom stereocenters. The van der Waals surface area contributed by atoms with Crippen molar-refractivity contribution < 1.29 is 0 Å². The van der Waals surface area contributed by atoms with E-state index in [9.17, 15) is 0 Å². The standard InChI is InChI=1S/C13H28N2/c1-11(15(4)5)10-14-12-6-8-13(2,3)9-7-12/h11-12,14H,6-10H2,1-5H3. The lowest BCUT2D eigenvalue weighted by atomic mass is 9.75. The maximum absolute atomic E-state index is 3.70. The molecule has 0 saturated heterocycles. The van der Waals surface area contributed by atoms with Gasteiger partial charge < -0.3 is 10.2 Å². The monoisotopic (exact) mass is 212 g/mol. The van der Waals surface area contributed by atoms with Crippen LogP contribution in [0.1, 0.15) is 46.5 Å². The molecule has 1 aliphatic carbocycles. The average Bonchev–Trinajstić information content (AvgIpc) is 2.15. The number of hydrogen-bond acceptors (Lipinski definition) is 2. The van der Waals surface area contributed by atoms with Crippen LogP contribution < -0.4 is 5.32 Å². The topological polar surface area (TPSA) is 15.3 Å². The SMILES string of the molecule is CC(CNC1CCC(C)(C)CC1)N(C)C. The van der Waals surface area contributed by atoms with Crippen LogP contribution in [0, 0.1) is 5.41 Å². The molecule has 1 unspecified atom stereocenters. The van der Waals surface area contributed by atoms with Crippen molar-refractivity contribution in [1.82, 2.24) is 10.2 Å². The summed E-state index contributed by atoms with van der Waals surface area (Å²) in [4.78, 5) is 2.28. The molecule has 0 radical (unpaired) electrons. The fourth-order valence-corrected chi connectivity index (χ4v) is 2.12. The van der Waals surface area contributed by atoms with Crippen LogP contribution in [0.3, 0.4) is 0 Å². The number of likely N-dealkylation sites (N-methyl/N-ethyl adjacent to an activating group) is 1. The van der Waals surface area contributed by atoms with Crippen molar-refractivity contribution in [2.45, 2.75) is 58.5 Å². The molecule has 15 heavy (non-hydrogen) atoms. The minimum Gasteiger partial charge on any atom is -0.312 e. The predicted octanol–water partition coefficient (Wildman–Crippen LogP) is 2.49. The lowest BCUT2D eigenvalue weighted by Gasteiger charge is -2.35. The van der Waals surface area contributed by atoms with Crippen LogP contribution in [0.25, 0.3) is 0 Å². The zero-order chi connectivity index (χ0) is 11.5. The van der Waals surface area contributed by atoms with Crippen LogP contribution in [-0.2, 0) is 0 Å². The van der Waals surface area contributed by atoms with E-state index >= 15 is 0 Å². The molecule has 90 valence electrons. The third kappa shape index (κ3) is 4.52. The van der Waals surface area contributed by atoms with Gasteiger partial charge in [-0.25, -0.2) is 0 Å². The maximum Gasteiger partial charge on any atom is 0.0186 e. The van der Waals surface area contributed by atoms with Crippen molar-refractivity contribution in [2.24, 2.45) is 5.41 Å². The molecule has 1 saturated carbocycles. The summed E-state index contributed by atoms with van der Waals surface area (Å²) in [6, 6.07) is 1.40. The first-order chi connectivity index (χ1) is 6.91. The molecule has 0 aromatic heterocycles. The van der Waals surface area contributed by atoms with Crippen molar-refractivity contribution in [3.8, 4) is 0 Å². The normalized spacial score (nSPS) is 24.4. The Balaban J connectivity index is 2.19. The van der Waals surface area contributed by atoms with Crippen molar-refractivity contribution >= 4 is 0 Å². The first-order valence-electron chi connectivity index (χ1n) is 6.30. The van der Waals surface area contributed by atoms with E-state index < -0.39 is 0 Å². The summed E-state index contributed by atoms with van der Waals surface area (Å²) < 4.78 is 0. The molecule has 1 aliphatic rings. The van der Waals surface area contributed by atoms with E-state index in [1.54, 1.807) is 0 Å². The fourth-order valence-electron chi connectivity index (χ4n) is 2.12. The lowest BCUT2D eigenvalue weighted by Crippen LogP contribution is -2.42. The molecule has 1 N–H and O–H groups in total. The van der Waals surface area contributed by atoms with E-state index in [2.05, 4.69) is 45.1 Å². The molecule has 0 spiro atoms. The van der Waals surface area contributed by atoms with Gasteiger partial charge in [0.1, 0.15) is 0 Å². The van der Waals surface area contributed by atoms with Crippen LogP contribution in [0.15, 0.2) is 0 Å². The van der Waals surface area contributed by atoms with Gasteiger partial charge in [0, 0.05) is 18.6 Å². The van der Waals surface area contributed by atoms with Crippen molar-refractivity contribution in [1.29, 1.82) is 0 Å². The van der Waals surface area contributed by atoms with E-state index in [0.717, 1.165) is 12.6 Å². The predicted molar refractivity (Wildman–Crippen MR) is 67.2 cm³/mol. The van der Waals surface area contributed by atoms with Crippen molar-refractivity contribution in [3.05, 3.63) is 0 Å². The molecule has 0 aromatic rings. The molecule has 1 fully saturated rings. The van der Waals surface area contributed by atoms with Gasteiger partial charge in [0.25, 0.3) is 0 Å². The van der Waals surface area contributed by atoms with E-state index in [-0.39, 0.29) is 0 Å². The summed E-state index contributed by atoms with van der Waals surface area (Å²) in [6.07, 6.45) is 5.46. The summed E-state index contributed by atoms with van der Waals surface area (Å²) in [5.41, 5.74) is 0.589. The Morgan fingerprint density at radius 3 is 2.27 bits per heavy atom. The highest BCUT2D eigenvalue weighted by Crippen LogP contribution is 2.34. The molecular weight excluding hydrogens is 184 g/mol. The second-order valence-electron chi connectivity index (χ2n) is 6.16. The smallest absolute Gasteiger partial charge is 0.0186 e. The highest BCUT2D eigenvalue weighted by atomic mass is 15.1. The molecule has 2 heteroatoms. The Labute approximate surface area is 95.4 Å². The Morgan fingerprint density at radius 1 is 1.27 bits per heavy atom. The van der Waals surface area contributed by atoms with Gasteiger partial charge in [-0.1, -0.05) is 13.8 Å². The molecule has 0 aliphatic heterocycles. The van der Waals surface area contributed by atoms with Crippen LogP contribution in [-0.4, -0.2) is 37.6 Å². The Morgan fingerprint density at radius 2 is 1.80 bits per heavy atom. The van der Waals surface area contributed by atoms with E-state index in [0.29, 0.717) is 11.5 Å². The quantitative estimate of drug-likeness (QED) is 0.770. The molecule has 0 amide bonds. The second kappa shape index (κ2) is 5.31. The van der Waals surface area contributed by atoms with E-state index in [4.69, 9.17) is 0 Å². The van der Waals surface area contributed by atoms with E-state index in [1.807, 2.05) is 0 Å². The van der Waals surface area contributed by atoms with Gasteiger partial charge in [-0.05, 0) is 52.1 Å².